The zero-order valence-electron chi connectivity index (χ0n) is 41.1. The molecular weight excluding hydrogens is 876 g/mol. The summed E-state index contributed by atoms with van der Waals surface area (Å²) in [5, 5.41) is 25.2. The number of imide groups is 1. The second kappa shape index (κ2) is 22.5. The molecule has 0 spiro atoms. The summed E-state index contributed by atoms with van der Waals surface area (Å²) in [7, 11) is 1.87. The van der Waals surface area contributed by atoms with Crippen LogP contribution < -0.4 is 44.2 Å². The van der Waals surface area contributed by atoms with Crippen LogP contribution in [-0.4, -0.2) is 112 Å². The van der Waals surface area contributed by atoms with E-state index in [-0.39, 0.29) is 48.6 Å². The van der Waals surface area contributed by atoms with E-state index in [0.29, 0.717) is 43.5 Å². The van der Waals surface area contributed by atoms with Gasteiger partial charge in [0.2, 0.25) is 11.8 Å². The first-order chi connectivity index (χ1) is 33.4. The third-order valence-electron chi connectivity index (χ3n) is 14.0. The number of hydrogen-bond donors (Lipinski definition) is 2. The van der Waals surface area contributed by atoms with Crippen LogP contribution in [0.15, 0.2) is 79.3 Å². The van der Waals surface area contributed by atoms with Gasteiger partial charge in [0.25, 0.3) is 0 Å². The van der Waals surface area contributed by atoms with E-state index in [9.17, 15) is 24.4 Å². The maximum absolute atomic E-state index is 13.0. The number of amides is 4. The number of aryl methyl sites for hydroxylation is 1. The second-order valence-corrected chi connectivity index (χ2v) is 18.5. The zero-order chi connectivity index (χ0) is 48.8. The molecule has 17 heteroatoms. The molecule has 3 aliphatic heterocycles. The van der Waals surface area contributed by atoms with Crippen LogP contribution in [0.3, 0.4) is 0 Å². The van der Waals surface area contributed by atoms with E-state index < -0.39 is 6.03 Å². The van der Waals surface area contributed by atoms with Crippen LogP contribution in [0.5, 0.6) is 0 Å². The van der Waals surface area contributed by atoms with Crippen molar-refractivity contribution in [1.82, 2.24) is 39.9 Å². The Morgan fingerprint density at radius 1 is 0.971 bits per heavy atom. The van der Waals surface area contributed by atoms with Crippen LogP contribution in [0.2, 0.25) is 0 Å². The van der Waals surface area contributed by atoms with Crippen LogP contribution in [0.1, 0.15) is 76.3 Å². The molecule has 0 aliphatic carbocycles. The number of hydrogen-bond acceptors (Lipinski definition) is 11. The van der Waals surface area contributed by atoms with Gasteiger partial charge in [-0.1, -0.05) is 31.7 Å². The molecule has 16 nitrogen and oxygen atoms in total. The van der Waals surface area contributed by atoms with E-state index in [1.807, 2.05) is 51.7 Å². The first-order valence-corrected chi connectivity index (χ1v) is 23.9. The van der Waals surface area contributed by atoms with Crippen molar-refractivity contribution in [3.05, 3.63) is 104 Å². The van der Waals surface area contributed by atoms with Crippen molar-refractivity contribution in [2.45, 2.75) is 71.3 Å². The predicted molar refractivity (Wildman–Crippen MR) is 269 cm³/mol. The molecule has 4 aromatic heterocycles. The minimum Gasteiger partial charge on any atom is -0.541 e. The van der Waals surface area contributed by atoms with Crippen LogP contribution >= 0.6 is 0 Å². The van der Waals surface area contributed by atoms with Crippen LogP contribution in [0.4, 0.5) is 22.1 Å². The fourth-order valence-electron chi connectivity index (χ4n) is 9.86. The summed E-state index contributed by atoms with van der Waals surface area (Å²) in [6.45, 7) is 19.5. The Kier molecular flexibility index (Phi) is 16.5. The van der Waals surface area contributed by atoms with Crippen molar-refractivity contribution >= 4 is 57.9 Å². The quantitative estimate of drug-likeness (QED) is 0.125. The van der Waals surface area contributed by atoms with Crippen LogP contribution in [0, 0.1) is 30.6 Å². The van der Waals surface area contributed by atoms with Crippen molar-refractivity contribution in [3.63, 3.8) is 0 Å². The predicted octanol–water partition coefficient (Wildman–Crippen LogP) is 4.24. The number of carbonyl (C=O) groups is 3. The topological polar surface area (TPSA) is 177 Å². The number of nitrogens with zero attached hydrogens (tertiary/aromatic N) is 10. The molecule has 0 atom stereocenters. The fourth-order valence-corrected chi connectivity index (χ4v) is 9.86. The largest absolute Gasteiger partial charge is 1.00 e. The van der Waals surface area contributed by atoms with Gasteiger partial charge in [-0.2, -0.15) is 15.5 Å². The number of aromatic nitrogens is 5. The molecule has 0 radical (unpaired) electrons. The Hall–Kier alpha value is -6.52. The number of fused-ring (bicyclic) bond motifs is 2. The molecule has 4 amide bonds. The first-order valence-electron chi connectivity index (χ1n) is 23.9. The summed E-state index contributed by atoms with van der Waals surface area (Å²) in [6, 6.07) is 22.8. The Balaban J connectivity index is 0.000000222. The number of rotatable bonds is 13. The monoisotopic (exact) mass is 937 g/mol. The van der Waals surface area contributed by atoms with Gasteiger partial charge in [0.05, 0.1) is 28.2 Å². The molecule has 3 saturated heterocycles. The molecule has 360 valence electrons. The molecule has 7 heterocycles. The fraction of sp³-hybridized carbons (Fsp3) is 0.396. The summed E-state index contributed by atoms with van der Waals surface area (Å²) < 4.78 is 3.56. The number of nitriles is 1. The van der Waals surface area contributed by atoms with Crippen LogP contribution in [0.25, 0.3) is 38.7 Å². The average molecular weight is 937 g/mol. The molecular formula is C53H61LiN12O4-2. The summed E-state index contributed by atoms with van der Waals surface area (Å²) in [4.78, 5) is 59.9. The van der Waals surface area contributed by atoms with E-state index in [1.54, 1.807) is 15.4 Å². The van der Waals surface area contributed by atoms with E-state index in [4.69, 9.17) is 4.98 Å². The minimum atomic E-state index is -0.422. The zero-order valence-corrected chi connectivity index (χ0v) is 41.1. The number of nitrogens with one attached hydrogen (secondary N) is 2. The molecule has 0 bridgehead atoms. The normalized spacial score (nSPS) is 16.3. The van der Waals surface area contributed by atoms with Crippen molar-refractivity contribution in [3.8, 4) is 28.3 Å². The molecule has 3 aliphatic rings. The third kappa shape index (κ3) is 10.8. The Morgan fingerprint density at radius 2 is 1.69 bits per heavy atom. The number of piperidine rings is 2. The second-order valence-electron chi connectivity index (χ2n) is 18.5. The van der Waals surface area contributed by atoms with E-state index >= 15 is 0 Å². The standard InChI is InChI=1S/C34H39N7O.C19H22N5O3.Li/c1-6-34(33(42)38-24(4)5)15-17-40(18-16-34)31-14-11-26(21-36-31)30-19-27(23-41-32(30)28(20-35)22-37-41)25-9-12-29(13-10-25)39(7-2)8-3;1-22-16-12-14(13-4-7-23(8-5-13)10-11-25)2-3-15(16)18(21-22)24-9-6-17(26)20-19(24)27;/h9-14,19,21-24H,2-3,6-8,15-18H2,1,4-5H3,(H,38,42);2-3,12-13H,4-10H2,1H3,(H,20,26,27);/q-2;-1;+1. The van der Waals surface area contributed by atoms with Crippen molar-refractivity contribution in [2.75, 3.05) is 67.1 Å². The molecule has 6 aromatic rings. The average Bonchev–Trinajstić information content (AvgIpc) is 3.94. The first kappa shape index (κ1) is 51.3. The van der Waals surface area contributed by atoms with Gasteiger partial charge in [0.15, 0.2) is 5.82 Å². The summed E-state index contributed by atoms with van der Waals surface area (Å²) in [6.07, 6.45) is 12.1. The van der Waals surface area contributed by atoms with Gasteiger partial charge in [-0.25, -0.2) is 20.6 Å². The molecule has 2 aromatic carbocycles. The van der Waals surface area contributed by atoms with E-state index in [2.05, 4.69) is 111 Å². The molecule has 70 heavy (non-hydrogen) atoms. The van der Waals surface area contributed by atoms with Crippen LogP contribution in [-0.2, 0) is 21.4 Å². The van der Waals surface area contributed by atoms with Crippen molar-refractivity contribution < 1.29 is 38.0 Å². The molecule has 9 rings (SSSR count). The summed E-state index contributed by atoms with van der Waals surface area (Å²) >= 11 is 0. The SMILES string of the molecule is Cn1nc(N2CCC(=O)NC2=O)c2ccc(C3CCN(C[C-]=O)CC3)cc21.[CH2-]CN(C[CH2-])c1ccc(-c2cc(-c3ccc(N4CCC(CC)(C(=O)NC(C)C)CC4)nc3)c3c(C#N)cnn3c2)cc1.[Li+]. The third-order valence-corrected chi connectivity index (χ3v) is 14.0. The maximum atomic E-state index is 13.0. The Bertz CT molecular complexity index is 2850. The van der Waals surface area contributed by atoms with E-state index in [1.165, 1.54) is 10.5 Å². The molecule has 0 unspecified atom stereocenters. The molecule has 3 fully saturated rings. The number of likely N-dealkylation sites (tertiary alicyclic amines) is 1. The maximum Gasteiger partial charge on any atom is 1.00 e. The Labute approximate surface area is 422 Å². The van der Waals surface area contributed by atoms with Gasteiger partial charge in [0, 0.05) is 79.3 Å². The van der Waals surface area contributed by atoms with Crippen molar-refractivity contribution in [2.24, 2.45) is 12.5 Å². The molecule has 0 saturated carbocycles. The number of urea groups is 1. The van der Waals surface area contributed by atoms with Gasteiger partial charge in [0.1, 0.15) is 11.9 Å². The molecule has 2 N–H and O–H groups in total. The summed E-state index contributed by atoms with van der Waals surface area (Å²) in [5.74, 6) is 1.84. The Morgan fingerprint density at radius 3 is 2.30 bits per heavy atom. The number of benzene rings is 2. The smallest absolute Gasteiger partial charge is 0.541 e. The van der Waals surface area contributed by atoms with Gasteiger partial charge in [-0.3, -0.25) is 24.5 Å². The summed E-state index contributed by atoms with van der Waals surface area (Å²) in [5.41, 5.74) is 8.10. The van der Waals surface area contributed by atoms with Gasteiger partial charge >= 0.3 is 24.9 Å². The number of carbonyl (C=O) groups excluding carboxylic acids is 4. The van der Waals surface area contributed by atoms with Gasteiger partial charge in [-0.05, 0) is 119 Å². The minimum absolute atomic E-state index is 0. The van der Waals surface area contributed by atoms with Gasteiger partial charge in [-0.15, -0.1) is 13.1 Å². The van der Waals surface area contributed by atoms with Gasteiger partial charge < -0.3 is 38.7 Å². The van der Waals surface area contributed by atoms with E-state index in [0.717, 1.165) is 108 Å². The van der Waals surface area contributed by atoms with Crippen molar-refractivity contribution in [1.29, 1.82) is 5.26 Å². The number of anilines is 3. The number of pyridine rings is 2.